The molecule has 1 heterocycles. The molecule has 4 heteroatoms. The molecule has 0 aromatic heterocycles. The number of carbonyl (C=O) groups is 2. The van der Waals surface area contributed by atoms with E-state index in [1.807, 2.05) is 42.5 Å². The molecular weight excluding hydrogens is 300 g/mol. The number of hydrogen-bond donors (Lipinski definition) is 1. The quantitative estimate of drug-likeness (QED) is 0.936. The van der Waals surface area contributed by atoms with Crippen molar-refractivity contribution in [2.45, 2.75) is 32.2 Å². The molecule has 2 aromatic carbocycles. The fraction of sp³-hybridized carbons (Fsp3) is 0.300. The van der Waals surface area contributed by atoms with E-state index in [1.165, 1.54) is 5.56 Å². The molecule has 3 rings (SSSR count). The lowest BCUT2D eigenvalue weighted by Crippen LogP contribution is -2.43. The van der Waals surface area contributed by atoms with E-state index in [2.05, 4.69) is 12.2 Å². The second kappa shape index (κ2) is 7.30. The van der Waals surface area contributed by atoms with E-state index >= 15 is 0 Å². The first kappa shape index (κ1) is 16.2. The summed E-state index contributed by atoms with van der Waals surface area (Å²) >= 11 is 0. The fourth-order valence-electron chi connectivity index (χ4n) is 3.08. The van der Waals surface area contributed by atoms with Gasteiger partial charge in [0.05, 0.1) is 0 Å². The summed E-state index contributed by atoms with van der Waals surface area (Å²) in [5.41, 5.74) is 2.63. The number of rotatable bonds is 4. The molecule has 0 unspecified atom stereocenters. The van der Waals surface area contributed by atoms with Crippen LogP contribution in [-0.2, 0) is 11.2 Å². The van der Waals surface area contributed by atoms with E-state index in [1.54, 1.807) is 17.0 Å². The predicted octanol–water partition coefficient (Wildman–Crippen LogP) is 3.49. The minimum atomic E-state index is -0.399. The van der Waals surface area contributed by atoms with Crippen molar-refractivity contribution in [2.75, 3.05) is 11.9 Å². The summed E-state index contributed by atoms with van der Waals surface area (Å²) < 4.78 is 0. The average Bonchev–Trinajstić information content (AvgIpc) is 3.12. The van der Waals surface area contributed by atoms with Crippen LogP contribution >= 0.6 is 0 Å². The van der Waals surface area contributed by atoms with Crippen LogP contribution < -0.4 is 5.32 Å². The van der Waals surface area contributed by atoms with Crippen LogP contribution in [0.3, 0.4) is 0 Å². The van der Waals surface area contributed by atoms with Gasteiger partial charge < -0.3 is 10.2 Å². The molecule has 2 aromatic rings. The van der Waals surface area contributed by atoms with Crippen LogP contribution in [0, 0.1) is 0 Å². The number of aryl methyl sites for hydroxylation is 1. The van der Waals surface area contributed by atoms with Crippen molar-refractivity contribution in [3.63, 3.8) is 0 Å². The normalized spacial score (nSPS) is 16.9. The molecule has 124 valence electrons. The topological polar surface area (TPSA) is 49.4 Å². The van der Waals surface area contributed by atoms with Crippen LogP contribution in [0.2, 0.25) is 0 Å². The first-order chi connectivity index (χ1) is 11.7. The van der Waals surface area contributed by atoms with Gasteiger partial charge in [-0.25, -0.2) is 0 Å². The first-order valence-corrected chi connectivity index (χ1v) is 8.45. The molecule has 1 N–H and O–H groups in total. The third-order valence-corrected chi connectivity index (χ3v) is 4.47. The van der Waals surface area contributed by atoms with Gasteiger partial charge in [0.25, 0.3) is 5.91 Å². The zero-order valence-corrected chi connectivity index (χ0v) is 13.9. The summed E-state index contributed by atoms with van der Waals surface area (Å²) in [4.78, 5) is 26.9. The van der Waals surface area contributed by atoms with Gasteiger partial charge in [-0.05, 0) is 49.1 Å². The molecule has 1 fully saturated rings. The van der Waals surface area contributed by atoms with Crippen LogP contribution in [-0.4, -0.2) is 29.3 Å². The van der Waals surface area contributed by atoms with Crippen molar-refractivity contribution in [3.05, 3.63) is 65.7 Å². The Labute approximate surface area is 142 Å². The largest absolute Gasteiger partial charge is 0.327 e. The molecule has 2 amide bonds. The van der Waals surface area contributed by atoms with Gasteiger partial charge in [0.2, 0.25) is 5.91 Å². The minimum Gasteiger partial charge on any atom is -0.327 e. The molecule has 1 atom stereocenters. The lowest BCUT2D eigenvalue weighted by atomic mass is 10.1. The Hall–Kier alpha value is -2.62. The number of likely N-dealkylation sites (tertiary alicyclic amines) is 1. The van der Waals surface area contributed by atoms with Gasteiger partial charge in [0, 0.05) is 17.8 Å². The monoisotopic (exact) mass is 322 g/mol. The molecule has 0 bridgehead atoms. The van der Waals surface area contributed by atoms with Crippen LogP contribution in [0.4, 0.5) is 5.69 Å². The van der Waals surface area contributed by atoms with Crippen molar-refractivity contribution in [1.82, 2.24) is 4.90 Å². The molecule has 0 aliphatic carbocycles. The summed E-state index contributed by atoms with van der Waals surface area (Å²) in [6.07, 6.45) is 2.53. The Kier molecular flexibility index (Phi) is 4.94. The maximum absolute atomic E-state index is 12.6. The second-order valence-electron chi connectivity index (χ2n) is 6.06. The van der Waals surface area contributed by atoms with Gasteiger partial charge in [0.15, 0.2) is 0 Å². The summed E-state index contributed by atoms with van der Waals surface area (Å²) in [7, 11) is 0. The van der Waals surface area contributed by atoms with Crippen molar-refractivity contribution in [3.8, 4) is 0 Å². The van der Waals surface area contributed by atoms with Crippen molar-refractivity contribution in [2.24, 2.45) is 0 Å². The van der Waals surface area contributed by atoms with E-state index in [4.69, 9.17) is 0 Å². The Balaban J connectivity index is 1.70. The molecular formula is C20H22N2O2. The van der Waals surface area contributed by atoms with Crippen LogP contribution in [0.5, 0.6) is 0 Å². The number of amides is 2. The first-order valence-electron chi connectivity index (χ1n) is 8.45. The van der Waals surface area contributed by atoms with Gasteiger partial charge in [-0.3, -0.25) is 9.59 Å². The average molecular weight is 322 g/mol. The third-order valence-electron chi connectivity index (χ3n) is 4.47. The van der Waals surface area contributed by atoms with E-state index in [0.29, 0.717) is 18.5 Å². The van der Waals surface area contributed by atoms with Gasteiger partial charge in [-0.1, -0.05) is 37.3 Å². The van der Waals surface area contributed by atoms with Crippen LogP contribution in [0.25, 0.3) is 0 Å². The van der Waals surface area contributed by atoms with E-state index in [9.17, 15) is 9.59 Å². The number of carbonyl (C=O) groups excluding carboxylic acids is 2. The molecule has 0 radical (unpaired) electrons. The maximum atomic E-state index is 12.6. The second-order valence-corrected chi connectivity index (χ2v) is 6.06. The Bertz CT molecular complexity index is 710. The summed E-state index contributed by atoms with van der Waals surface area (Å²) in [5, 5.41) is 2.94. The Morgan fingerprint density at radius 3 is 2.46 bits per heavy atom. The number of nitrogens with zero attached hydrogens (tertiary/aromatic N) is 1. The third kappa shape index (κ3) is 3.48. The summed E-state index contributed by atoms with van der Waals surface area (Å²) in [6.45, 7) is 2.72. The van der Waals surface area contributed by atoms with Gasteiger partial charge in [-0.2, -0.15) is 0 Å². The van der Waals surface area contributed by atoms with Crippen molar-refractivity contribution < 1.29 is 9.59 Å². The lowest BCUT2D eigenvalue weighted by Gasteiger charge is -2.24. The number of anilines is 1. The van der Waals surface area contributed by atoms with E-state index < -0.39 is 6.04 Å². The van der Waals surface area contributed by atoms with Crippen LogP contribution in [0.1, 0.15) is 35.7 Å². The molecule has 1 aliphatic heterocycles. The smallest absolute Gasteiger partial charge is 0.254 e. The number of benzene rings is 2. The fourth-order valence-corrected chi connectivity index (χ4v) is 3.08. The molecule has 0 saturated carbocycles. The Morgan fingerprint density at radius 2 is 1.79 bits per heavy atom. The minimum absolute atomic E-state index is 0.0745. The Morgan fingerprint density at radius 1 is 1.08 bits per heavy atom. The standard InChI is InChI=1S/C20H22N2O2/c1-2-15-10-12-17(13-11-15)21-19(23)18-9-6-14-22(18)20(24)16-7-4-3-5-8-16/h3-5,7-8,10-13,18H,2,6,9,14H2,1H3,(H,21,23)/t18-/m0/s1. The van der Waals surface area contributed by atoms with Gasteiger partial charge in [0.1, 0.15) is 6.04 Å². The highest BCUT2D eigenvalue weighted by atomic mass is 16.2. The van der Waals surface area contributed by atoms with Gasteiger partial charge in [-0.15, -0.1) is 0 Å². The van der Waals surface area contributed by atoms with Crippen molar-refractivity contribution in [1.29, 1.82) is 0 Å². The van der Waals surface area contributed by atoms with Gasteiger partial charge >= 0.3 is 0 Å². The lowest BCUT2D eigenvalue weighted by molar-refractivity contribution is -0.119. The van der Waals surface area contributed by atoms with E-state index in [0.717, 1.165) is 18.5 Å². The highest BCUT2D eigenvalue weighted by Gasteiger charge is 2.34. The highest BCUT2D eigenvalue weighted by Crippen LogP contribution is 2.22. The van der Waals surface area contributed by atoms with Crippen LogP contribution in [0.15, 0.2) is 54.6 Å². The zero-order chi connectivity index (χ0) is 16.9. The molecule has 0 spiro atoms. The molecule has 4 nitrogen and oxygen atoms in total. The maximum Gasteiger partial charge on any atom is 0.254 e. The molecule has 24 heavy (non-hydrogen) atoms. The summed E-state index contributed by atoms with van der Waals surface area (Å²) in [6, 6.07) is 16.6. The zero-order valence-electron chi connectivity index (χ0n) is 13.9. The molecule has 1 aliphatic rings. The highest BCUT2D eigenvalue weighted by molar-refractivity contribution is 6.01. The number of nitrogens with one attached hydrogen (secondary N) is 1. The SMILES string of the molecule is CCc1ccc(NC(=O)[C@@H]2CCCN2C(=O)c2ccccc2)cc1. The van der Waals surface area contributed by atoms with Crippen molar-refractivity contribution >= 4 is 17.5 Å². The summed E-state index contributed by atoms with van der Waals surface area (Å²) in [5.74, 6) is -0.185. The molecule has 1 saturated heterocycles. The van der Waals surface area contributed by atoms with E-state index in [-0.39, 0.29) is 11.8 Å². The predicted molar refractivity (Wildman–Crippen MR) is 95.0 cm³/mol. The number of hydrogen-bond acceptors (Lipinski definition) is 2.